The van der Waals surface area contributed by atoms with Crippen molar-refractivity contribution in [2.24, 2.45) is 0 Å². The molecule has 3 rings (SSSR count). The molecular formula is C30H33ClN2O9S. The first-order valence-corrected chi connectivity index (χ1v) is 15.0. The molecule has 0 aliphatic carbocycles. The van der Waals surface area contributed by atoms with Crippen LogP contribution >= 0.6 is 11.6 Å². The van der Waals surface area contributed by atoms with E-state index < -0.39 is 51.7 Å². The molecule has 0 saturated carbocycles. The minimum Gasteiger partial charge on any atom is -0.478 e. The molecular weight excluding hydrogens is 600 g/mol. The van der Waals surface area contributed by atoms with Gasteiger partial charge in [-0.3, -0.25) is 4.79 Å². The van der Waals surface area contributed by atoms with Crippen LogP contribution in [0, 0.1) is 0 Å². The number of carbonyl (C=O) groups excluding carboxylic acids is 2. The average molecular weight is 633 g/mol. The number of aliphatic hydroxyl groups excluding tert-OH is 2. The minimum atomic E-state index is -4.13. The molecule has 0 radical (unpaired) electrons. The molecule has 2 amide bonds. The predicted octanol–water partition coefficient (Wildman–Crippen LogP) is 4.32. The Hall–Kier alpha value is -3.97. The fourth-order valence-corrected chi connectivity index (χ4v) is 5.50. The van der Waals surface area contributed by atoms with E-state index in [-0.39, 0.29) is 28.6 Å². The van der Waals surface area contributed by atoms with Crippen LogP contribution in [0.2, 0.25) is 5.02 Å². The summed E-state index contributed by atoms with van der Waals surface area (Å²) in [6.07, 6.45) is -1.34. The average Bonchev–Trinajstić information content (AvgIpc) is 2.94. The first-order valence-electron chi connectivity index (χ1n) is 13.1. The number of hydrogen-bond donors (Lipinski definition) is 4. The molecule has 0 aromatic heterocycles. The van der Waals surface area contributed by atoms with Crippen molar-refractivity contribution in [2.75, 3.05) is 25.0 Å². The van der Waals surface area contributed by atoms with Crippen molar-refractivity contribution >= 4 is 45.1 Å². The number of aromatic carboxylic acids is 1. The highest BCUT2D eigenvalue weighted by Gasteiger charge is 2.25. The molecule has 0 bridgehead atoms. The van der Waals surface area contributed by atoms with Gasteiger partial charge in [0, 0.05) is 11.6 Å². The van der Waals surface area contributed by atoms with Crippen molar-refractivity contribution < 1.29 is 42.9 Å². The van der Waals surface area contributed by atoms with Gasteiger partial charge in [-0.15, -0.1) is 0 Å². The van der Waals surface area contributed by atoms with Gasteiger partial charge in [0.2, 0.25) is 15.7 Å². The molecule has 3 aromatic rings. The number of carboxylic acids is 1. The SMILES string of the molecule is CC(C)(C)OC(=O)N(CCc1ccc(S(=O)(=O)c2ccc(NC(=O)CO)c(C(=O)O)c2)cc1)C[C@H](O)c1cccc(Cl)c1. The molecule has 4 N–H and O–H groups in total. The number of ether oxygens (including phenoxy) is 1. The second-order valence-electron chi connectivity index (χ2n) is 10.6. The van der Waals surface area contributed by atoms with Crippen molar-refractivity contribution in [3.05, 3.63) is 88.4 Å². The Kier molecular flexibility index (Phi) is 10.9. The van der Waals surface area contributed by atoms with Crippen LogP contribution in [-0.2, 0) is 25.8 Å². The summed E-state index contributed by atoms with van der Waals surface area (Å²) >= 11 is 6.04. The highest BCUT2D eigenvalue weighted by atomic mass is 35.5. The highest BCUT2D eigenvalue weighted by molar-refractivity contribution is 7.91. The van der Waals surface area contributed by atoms with Crippen molar-refractivity contribution in [3.8, 4) is 0 Å². The monoisotopic (exact) mass is 632 g/mol. The number of nitrogens with zero attached hydrogens (tertiary/aromatic N) is 1. The molecule has 0 aliphatic heterocycles. The lowest BCUT2D eigenvalue weighted by Crippen LogP contribution is -2.40. The largest absolute Gasteiger partial charge is 0.478 e. The summed E-state index contributed by atoms with van der Waals surface area (Å²) in [6, 6.07) is 15.8. The van der Waals surface area contributed by atoms with Crippen molar-refractivity contribution in [2.45, 2.75) is 48.7 Å². The minimum absolute atomic E-state index is 0.0671. The van der Waals surface area contributed by atoms with Gasteiger partial charge in [0.05, 0.1) is 33.7 Å². The Labute approximate surface area is 254 Å². The number of nitrogens with one attached hydrogen (secondary N) is 1. The number of benzene rings is 3. The van der Waals surface area contributed by atoms with Crippen LogP contribution in [-0.4, -0.2) is 71.9 Å². The molecule has 1 atom stereocenters. The summed E-state index contributed by atoms with van der Waals surface area (Å²) in [5.74, 6) is -2.31. The van der Waals surface area contributed by atoms with Crippen LogP contribution in [0.3, 0.4) is 0 Å². The number of anilines is 1. The zero-order valence-corrected chi connectivity index (χ0v) is 25.4. The number of carboxylic acid groups (broad SMARTS) is 1. The van der Waals surface area contributed by atoms with Crippen LogP contribution in [0.25, 0.3) is 0 Å². The van der Waals surface area contributed by atoms with E-state index in [1.54, 1.807) is 57.2 Å². The Morgan fingerprint density at radius 1 is 1.00 bits per heavy atom. The van der Waals surface area contributed by atoms with E-state index in [0.717, 1.165) is 18.2 Å². The molecule has 43 heavy (non-hydrogen) atoms. The summed E-state index contributed by atoms with van der Waals surface area (Å²) in [7, 11) is -4.13. The predicted molar refractivity (Wildman–Crippen MR) is 159 cm³/mol. The Morgan fingerprint density at radius 2 is 1.65 bits per heavy atom. The number of halogens is 1. The van der Waals surface area contributed by atoms with E-state index in [9.17, 15) is 33.0 Å². The lowest BCUT2D eigenvalue weighted by Gasteiger charge is -2.29. The second kappa shape index (κ2) is 14.0. The standard InChI is InChI=1S/C30H33ClN2O9S/c1-30(2,3)42-29(39)33(17-26(35)20-5-4-6-21(31)15-20)14-13-19-7-9-22(10-8-19)43(40,41)23-11-12-25(32-27(36)18-34)24(16-23)28(37)38/h4-12,15-16,26,34-35H,13-14,17-18H2,1-3H3,(H,32,36)(H,37,38)/t26-/m0/s1. The van der Waals surface area contributed by atoms with Gasteiger partial charge < -0.3 is 30.3 Å². The van der Waals surface area contributed by atoms with Crippen LogP contribution in [0.5, 0.6) is 0 Å². The van der Waals surface area contributed by atoms with E-state index in [1.165, 1.54) is 17.0 Å². The molecule has 0 spiro atoms. The van der Waals surface area contributed by atoms with Crippen LogP contribution in [0.4, 0.5) is 10.5 Å². The number of sulfone groups is 1. The maximum Gasteiger partial charge on any atom is 0.410 e. The topological polar surface area (TPSA) is 171 Å². The van der Waals surface area contributed by atoms with Crippen LogP contribution in [0.15, 0.2) is 76.5 Å². The zero-order valence-electron chi connectivity index (χ0n) is 23.8. The van der Waals surface area contributed by atoms with Crippen molar-refractivity contribution in [1.82, 2.24) is 4.90 Å². The molecule has 3 aromatic carbocycles. The van der Waals surface area contributed by atoms with Gasteiger partial charge in [0.15, 0.2) is 0 Å². The molecule has 0 fully saturated rings. The van der Waals surface area contributed by atoms with Crippen LogP contribution < -0.4 is 5.32 Å². The number of amides is 2. The molecule has 230 valence electrons. The van der Waals surface area contributed by atoms with E-state index in [4.69, 9.17) is 21.4 Å². The Balaban J connectivity index is 1.79. The summed E-state index contributed by atoms with van der Waals surface area (Å²) in [4.78, 5) is 37.1. The second-order valence-corrected chi connectivity index (χ2v) is 13.0. The smallest absolute Gasteiger partial charge is 0.410 e. The van der Waals surface area contributed by atoms with Gasteiger partial charge in [-0.25, -0.2) is 18.0 Å². The highest BCUT2D eigenvalue weighted by Crippen LogP contribution is 2.27. The van der Waals surface area contributed by atoms with Crippen LogP contribution in [0.1, 0.15) is 48.4 Å². The maximum atomic E-state index is 13.3. The van der Waals surface area contributed by atoms with Gasteiger partial charge in [-0.05, 0) is 80.8 Å². The molecule has 0 aliphatic rings. The number of rotatable bonds is 11. The quantitative estimate of drug-likeness (QED) is 0.240. The number of aliphatic hydroxyl groups is 2. The van der Waals surface area contributed by atoms with Crippen molar-refractivity contribution in [3.63, 3.8) is 0 Å². The van der Waals surface area contributed by atoms with Gasteiger partial charge in [0.25, 0.3) is 0 Å². The third-order valence-corrected chi connectivity index (χ3v) is 8.13. The summed E-state index contributed by atoms with van der Waals surface area (Å²) in [5.41, 5.74) is -0.156. The van der Waals surface area contributed by atoms with Gasteiger partial charge in [0.1, 0.15) is 12.2 Å². The Bertz CT molecular complexity index is 1590. The summed E-state index contributed by atoms with van der Waals surface area (Å²) in [6.45, 7) is 4.41. The summed E-state index contributed by atoms with van der Waals surface area (Å²) < 4.78 is 32.0. The number of carbonyl (C=O) groups is 3. The van der Waals surface area contributed by atoms with E-state index in [1.807, 2.05) is 0 Å². The number of hydrogen-bond acceptors (Lipinski definition) is 8. The molecule has 0 heterocycles. The van der Waals surface area contributed by atoms with Gasteiger partial charge in [-0.2, -0.15) is 0 Å². The first kappa shape index (κ1) is 33.5. The molecule has 0 unspecified atom stereocenters. The Morgan fingerprint density at radius 3 is 2.23 bits per heavy atom. The third kappa shape index (κ3) is 9.26. The van der Waals surface area contributed by atoms with Gasteiger partial charge >= 0.3 is 12.1 Å². The van der Waals surface area contributed by atoms with E-state index in [0.29, 0.717) is 22.6 Å². The normalized spacial score (nSPS) is 12.3. The van der Waals surface area contributed by atoms with Gasteiger partial charge in [-0.1, -0.05) is 35.9 Å². The lowest BCUT2D eigenvalue weighted by molar-refractivity contribution is -0.118. The molecule has 11 nitrogen and oxygen atoms in total. The van der Waals surface area contributed by atoms with E-state index >= 15 is 0 Å². The lowest BCUT2D eigenvalue weighted by atomic mass is 10.1. The first-order chi connectivity index (χ1) is 20.1. The third-order valence-electron chi connectivity index (χ3n) is 6.13. The molecule has 13 heteroatoms. The zero-order chi connectivity index (χ0) is 31.9. The maximum absolute atomic E-state index is 13.3. The van der Waals surface area contributed by atoms with Crippen molar-refractivity contribution in [1.29, 1.82) is 0 Å². The fraction of sp³-hybridized carbons (Fsp3) is 0.300. The molecule has 0 saturated heterocycles. The van der Waals surface area contributed by atoms with E-state index in [2.05, 4.69) is 5.32 Å². The fourth-order valence-electron chi connectivity index (χ4n) is 4.01. The summed E-state index contributed by atoms with van der Waals surface area (Å²) in [5, 5.41) is 31.9.